The molecule has 2 fully saturated rings. The van der Waals surface area contributed by atoms with Crippen molar-refractivity contribution in [1.82, 2.24) is 4.90 Å². The summed E-state index contributed by atoms with van der Waals surface area (Å²) in [6, 6.07) is 6.94. The van der Waals surface area contributed by atoms with Gasteiger partial charge in [-0.1, -0.05) is 42.8 Å². The van der Waals surface area contributed by atoms with E-state index in [0.29, 0.717) is 19.8 Å². The van der Waals surface area contributed by atoms with Crippen molar-refractivity contribution in [1.29, 1.82) is 0 Å². The summed E-state index contributed by atoms with van der Waals surface area (Å²) in [5.74, 6) is 1.81. The van der Waals surface area contributed by atoms with Crippen molar-refractivity contribution in [2.75, 3.05) is 46.8 Å². The maximum atomic E-state index is 14.5. The minimum atomic E-state index is -0.834. The van der Waals surface area contributed by atoms with Crippen LogP contribution in [0.5, 0.6) is 0 Å². The number of carbonyl (C=O) groups is 1. The molecule has 1 atom stereocenters. The molecule has 2 spiro atoms. The number of ether oxygens (including phenoxy) is 3. The van der Waals surface area contributed by atoms with Gasteiger partial charge in [-0.15, -0.1) is 0 Å². The summed E-state index contributed by atoms with van der Waals surface area (Å²) in [4.78, 5) is 21.9. The molecule has 1 unspecified atom stereocenters. The Balaban J connectivity index is 1.56. The molecular formula is C28H40N2O4S. The molecule has 1 aromatic rings. The van der Waals surface area contributed by atoms with Crippen LogP contribution in [0.15, 0.2) is 23.2 Å². The van der Waals surface area contributed by atoms with Crippen LogP contribution in [0.25, 0.3) is 0 Å². The van der Waals surface area contributed by atoms with Crippen LogP contribution in [0, 0.1) is 11.3 Å². The molecule has 1 heterocycles. The van der Waals surface area contributed by atoms with Crippen LogP contribution in [-0.2, 0) is 37.4 Å². The van der Waals surface area contributed by atoms with Gasteiger partial charge in [0.05, 0.1) is 25.9 Å². The standard InChI is InChI=1S/C28H40N2O4S/c1-32-15-14-30-25(31)28(29-26(30)35-17-16-33-2)24-18-21(7-6-20-4-5-20)8-9-22(24)19-27(28)12-10-23(34-3)11-13-27/h8-9,18,20,23H,4-7,10-17,19H2,1-3H3. The smallest absolute Gasteiger partial charge is 0.261 e. The van der Waals surface area contributed by atoms with Crippen molar-refractivity contribution in [3.05, 3.63) is 34.9 Å². The normalized spacial score (nSPS) is 29.9. The van der Waals surface area contributed by atoms with Crippen molar-refractivity contribution < 1.29 is 19.0 Å². The second-order valence-corrected chi connectivity index (χ2v) is 11.8. The van der Waals surface area contributed by atoms with E-state index in [9.17, 15) is 4.79 Å². The number of nitrogens with zero attached hydrogens (tertiary/aromatic N) is 2. The average molecular weight is 501 g/mol. The minimum absolute atomic E-state index is 0.142. The molecular weight excluding hydrogens is 460 g/mol. The van der Waals surface area contributed by atoms with Crippen molar-refractivity contribution >= 4 is 22.8 Å². The number of thioether (sulfide) groups is 1. The fourth-order valence-electron chi connectivity index (χ4n) is 6.50. The number of methoxy groups -OCH3 is 3. The summed E-state index contributed by atoms with van der Waals surface area (Å²) in [5, 5.41) is 0.827. The summed E-state index contributed by atoms with van der Waals surface area (Å²) >= 11 is 1.64. The van der Waals surface area contributed by atoms with Gasteiger partial charge in [-0.05, 0) is 67.6 Å². The molecule has 0 bridgehead atoms. The van der Waals surface area contributed by atoms with Crippen LogP contribution >= 0.6 is 11.8 Å². The van der Waals surface area contributed by atoms with E-state index >= 15 is 0 Å². The first kappa shape index (κ1) is 25.2. The zero-order valence-corrected chi connectivity index (χ0v) is 22.3. The van der Waals surface area contributed by atoms with Crippen molar-refractivity contribution in [2.45, 2.75) is 69.4 Å². The molecule has 3 aliphatic carbocycles. The van der Waals surface area contributed by atoms with Gasteiger partial charge in [-0.3, -0.25) is 9.69 Å². The Kier molecular flexibility index (Phi) is 7.59. The Hall–Kier alpha value is -1.41. The fraction of sp³-hybridized carbons (Fsp3) is 0.714. The van der Waals surface area contributed by atoms with Gasteiger partial charge in [-0.2, -0.15) is 0 Å². The van der Waals surface area contributed by atoms with Gasteiger partial charge < -0.3 is 14.2 Å². The molecule has 1 aromatic carbocycles. The third-order valence-electron chi connectivity index (χ3n) is 8.71. The number of hydrogen-bond donors (Lipinski definition) is 0. The summed E-state index contributed by atoms with van der Waals surface area (Å²) in [6.45, 7) is 1.66. The Bertz CT molecular complexity index is 954. The van der Waals surface area contributed by atoms with E-state index in [2.05, 4.69) is 18.2 Å². The fourth-order valence-corrected chi connectivity index (χ4v) is 7.47. The highest BCUT2D eigenvalue weighted by Gasteiger charge is 2.66. The van der Waals surface area contributed by atoms with Gasteiger partial charge in [-0.25, -0.2) is 4.99 Å². The average Bonchev–Trinajstić information content (AvgIpc) is 3.62. The Morgan fingerprint density at radius 3 is 2.54 bits per heavy atom. The molecule has 4 aliphatic rings. The van der Waals surface area contributed by atoms with Gasteiger partial charge in [0.2, 0.25) is 0 Å². The highest BCUT2D eigenvalue weighted by atomic mass is 32.2. The molecule has 6 nitrogen and oxygen atoms in total. The lowest BCUT2D eigenvalue weighted by Crippen LogP contribution is -2.52. The Morgan fingerprint density at radius 2 is 1.86 bits per heavy atom. The van der Waals surface area contributed by atoms with E-state index in [4.69, 9.17) is 19.2 Å². The van der Waals surface area contributed by atoms with Gasteiger partial charge >= 0.3 is 0 Å². The second-order valence-electron chi connectivity index (χ2n) is 10.8. The van der Waals surface area contributed by atoms with Gasteiger partial charge in [0.25, 0.3) is 5.91 Å². The molecule has 0 saturated heterocycles. The van der Waals surface area contributed by atoms with Crippen molar-refractivity contribution in [2.24, 2.45) is 16.3 Å². The minimum Gasteiger partial charge on any atom is -0.384 e. The number of fused-ring (bicyclic) bond motifs is 3. The van der Waals surface area contributed by atoms with Crippen LogP contribution in [0.2, 0.25) is 0 Å². The lowest BCUT2D eigenvalue weighted by molar-refractivity contribution is -0.138. The van der Waals surface area contributed by atoms with E-state index in [1.54, 1.807) is 26.0 Å². The van der Waals surface area contributed by atoms with Crippen LogP contribution in [0.4, 0.5) is 0 Å². The zero-order chi connectivity index (χ0) is 24.5. The number of benzene rings is 1. The monoisotopic (exact) mass is 500 g/mol. The SMILES string of the molecule is COCCSC1=NC2(C(=O)N1CCOC)c1cc(CCC3CC3)ccc1CC21CCC(OC)CC1. The van der Waals surface area contributed by atoms with Gasteiger partial charge in [0.15, 0.2) is 10.7 Å². The van der Waals surface area contributed by atoms with Gasteiger partial charge in [0.1, 0.15) is 0 Å². The quantitative estimate of drug-likeness (QED) is 0.440. The maximum absolute atomic E-state index is 14.5. The number of amides is 1. The summed E-state index contributed by atoms with van der Waals surface area (Å²) < 4.78 is 16.4. The van der Waals surface area contributed by atoms with Gasteiger partial charge in [0, 0.05) is 32.5 Å². The zero-order valence-electron chi connectivity index (χ0n) is 21.5. The molecule has 0 aromatic heterocycles. The van der Waals surface area contributed by atoms with E-state index < -0.39 is 5.54 Å². The molecule has 0 N–H and O–H groups in total. The lowest BCUT2D eigenvalue weighted by atomic mass is 9.61. The number of amidine groups is 1. The topological polar surface area (TPSA) is 60.4 Å². The van der Waals surface area contributed by atoms with E-state index in [0.717, 1.165) is 60.9 Å². The van der Waals surface area contributed by atoms with E-state index in [-0.39, 0.29) is 17.4 Å². The molecule has 0 radical (unpaired) electrons. The molecule has 5 rings (SSSR count). The lowest BCUT2D eigenvalue weighted by Gasteiger charge is -2.45. The number of aryl methyl sites for hydroxylation is 1. The first-order valence-corrected chi connectivity index (χ1v) is 14.2. The third-order valence-corrected chi connectivity index (χ3v) is 9.65. The highest BCUT2D eigenvalue weighted by molar-refractivity contribution is 8.13. The van der Waals surface area contributed by atoms with Crippen molar-refractivity contribution in [3.8, 4) is 0 Å². The number of carbonyl (C=O) groups excluding carboxylic acids is 1. The Labute approximate surface area is 214 Å². The molecule has 1 amide bonds. The molecule has 7 heteroatoms. The number of hydrogen-bond acceptors (Lipinski definition) is 6. The van der Waals surface area contributed by atoms with Crippen LogP contribution < -0.4 is 0 Å². The predicted octanol–water partition coefficient (Wildman–Crippen LogP) is 4.58. The highest BCUT2D eigenvalue weighted by Crippen LogP contribution is 2.62. The predicted molar refractivity (Wildman–Crippen MR) is 140 cm³/mol. The molecule has 2 saturated carbocycles. The van der Waals surface area contributed by atoms with E-state index in [1.807, 2.05) is 12.0 Å². The summed E-state index contributed by atoms with van der Waals surface area (Å²) in [7, 11) is 5.21. The summed E-state index contributed by atoms with van der Waals surface area (Å²) in [5.41, 5.74) is 2.80. The largest absolute Gasteiger partial charge is 0.384 e. The van der Waals surface area contributed by atoms with Crippen LogP contribution in [0.1, 0.15) is 61.6 Å². The maximum Gasteiger partial charge on any atom is 0.261 e. The third kappa shape index (κ3) is 4.58. The Morgan fingerprint density at radius 1 is 1.09 bits per heavy atom. The molecule has 192 valence electrons. The first-order chi connectivity index (χ1) is 17.1. The molecule has 1 aliphatic heterocycles. The first-order valence-electron chi connectivity index (χ1n) is 13.2. The van der Waals surface area contributed by atoms with Crippen molar-refractivity contribution in [3.63, 3.8) is 0 Å². The number of rotatable bonds is 10. The van der Waals surface area contributed by atoms with Crippen LogP contribution in [-0.4, -0.2) is 68.9 Å². The summed E-state index contributed by atoms with van der Waals surface area (Å²) in [6.07, 6.45) is 10.2. The van der Waals surface area contributed by atoms with E-state index in [1.165, 1.54) is 30.4 Å². The second kappa shape index (κ2) is 10.5. The van der Waals surface area contributed by atoms with Crippen LogP contribution in [0.3, 0.4) is 0 Å². The number of aliphatic imine (C=N–C) groups is 1. The molecule has 35 heavy (non-hydrogen) atoms.